The van der Waals surface area contributed by atoms with Crippen molar-refractivity contribution in [3.05, 3.63) is 58.7 Å². The lowest BCUT2D eigenvalue weighted by Crippen LogP contribution is -2.05. The third-order valence-electron chi connectivity index (χ3n) is 3.77. The summed E-state index contributed by atoms with van der Waals surface area (Å²) in [5.41, 5.74) is 2.20. The molecule has 0 heterocycles. The first-order valence-electron chi connectivity index (χ1n) is 7.21. The molecule has 1 atom stereocenters. The normalized spacial score (nSPS) is 10.8. The minimum atomic E-state index is -0.575. The fraction of sp³-hybridized carbons (Fsp3) is 0.211. The van der Waals surface area contributed by atoms with E-state index in [1.54, 1.807) is 43.5 Å². The van der Waals surface area contributed by atoms with Crippen LogP contribution in [0.15, 0.2) is 36.4 Å². The van der Waals surface area contributed by atoms with Gasteiger partial charge in [0.15, 0.2) is 0 Å². The Morgan fingerprint density at radius 2 is 1.46 bits per heavy atom. The fourth-order valence-electron chi connectivity index (χ4n) is 2.48. The fourth-order valence-corrected chi connectivity index (χ4v) is 2.48. The van der Waals surface area contributed by atoms with Crippen LogP contribution in [0.2, 0.25) is 0 Å². The van der Waals surface area contributed by atoms with Crippen LogP contribution in [0.25, 0.3) is 0 Å². The summed E-state index contributed by atoms with van der Waals surface area (Å²) in [5, 5.41) is 28.2. The number of benzene rings is 2. The smallest absolute Gasteiger partial charge is 0.119 e. The monoisotopic (exact) mass is 317 g/mol. The van der Waals surface area contributed by atoms with Gasteiger partial charge in [-0.05, 0) is 53.9 Å². The van der Waals surface area contributed by atoms with Crippen molar-refractivity contribution in [1.82, 2.24) is 0 Å². The van der Waals surface area contributed by atoms with Crippen LogP contribution >= 0.6 is 0 Å². The second-order valence-electron chi connectivity index (χ2n) is 5.09. The summed E-state index contributed by atoms with van der Waals surface area (Å²) < 4.78 is 10.4. The van der Waals surface area contributed by atoms with Gasteiger partial charge >= 0.3 is 0 Å². The van der Waals surface area contributed by atoms with Crippen molar-refractivity contribution in [1.29, 1.82) is 15.8 Å². The molecule has 2 rings (SSSR count). The van der Waals surface area contributed by atoms with E-state index in [2.05, 4.69) is 18.2 Å². The van der Waals surface area contributed by atoms with E-state index in [0.29, 0.717) is 40.2 Å². The van der Waals surface area contributed by atoms with Crippen LogP contribution in [0, 0.1) is 34.0 Å². The Balaban J connectivity index is 2.47. The van der Waals surface area contributed by atoms with Gasteiger partial charge in [0.2, 0.25) is 0 Å². The second-order valence-corrected chi connectivity index (χ2v) is 5.09. The van der Waals surface area contributed by atoms with Crippen LogP contribution in [0.4, 0.5) is 0 Å². The van der Waals surface area contributed by atoms with Gasteiger partial charge in [0, 0.05) is 0 Å². The second kappa shape index (κ2) is 7.68. The van der Waals surface area contributed by atoms with E-state index in [1.165, 1.54) is 7.11 Å². The molecule has 0 bridgehead atoms. The van der Waals surface area contributed by atoms with Crippen LogP contribution < -0.4 is 9.47 Å². The predicted molar refractivity (Wildman–Crippen MR) is 87.5 cm³/mol. The largest absolute Gasteiger partial charge is 0.497 e. The Hall–Kier alpha value is -3.49. The minimum absolute atomic E-state index is 0.304. The summed E-state index contributed by atoms with van der Waals surface area (Å²) in [5.74, 6) is 0.621. The van der Waals surface area contributed by atoms with Crippen molar-refractivity contribution >= 4 is 0 Å². The van der Waals surface area contributed by atoms with E-state index in [9.17, 15) is 15.8 Å². The van der Waals surface area contributed by atoms with Gasteiger partial charge < -0.3 is 9.47 Å². The lowest BCUT2D eigenvalue weighted by molar-refractivity contribution is 0.413. The van der Waals surface area contributed by atoms with Crippen molar-refractivity contribution in [3.8, 4) is 29.7 Å². The quantitative estimate of drug-likeness (QED) is 0.844. The minimum Gasteiger partial charge on any atom is -0.497 e. The standard InChI is InChI=1S/C19H15N3O2/c1-23-17-5-3-13(10-20)15(8-17)7-16(12-22)19-9-18(24-2)6-4-14(19)11-21/h3-6,8-9,16H,7H2,1-2H3. The van der Waals surface area contributed by atoms with Crippen LogP contribution in [0.1, 0.15) is 28.2 Å². The zero-order valence-corrected chi connectivity index (χ0v) is 13.4. The predicted octanol–water partition coefficient (Wildman–Crippen LogP) is 3.30. The molecule has 0 aliphatic heterocycles. The molecule has 2 aromatic carbocycles. The molecule has 118 valence electrons. The highest BCUT2D eigenvalue weighted by atomic mass is 16.5. The van der Waals surface area contributed by atoms with E-state index in [4.69, 9.17) is 9.47 Å². The average Bonchev–Trinajstić information content (AvgIpc) is 2.65. The summed E-state index contributed by atoms with van der Waals surface area (Å²) in [4.78, 5) is 0. The molecule has 0 aliphatic carbocycles. The molecule has 0 aliphatic rings. The maximum absolute atomic E-state index is 9.60. The lowest BCUT2D eigenvalue weighted by Gasteiger charge is -2.14. The van der Waals surface area contributed by atoms with Gasteiger partial charge in [0.05, 0.1) is 49.5 Å². The molecular formula is C19H15N3O2. The first kappa shape index (κ1) is 16.9. The van der Waals surface area contributed by atoms with Crippen molar-refractivity contribution in [3.63, 3.8) is 0 Å². The van der Waals surface area contributed by atoms with Crippen molar-refractivity contribution in [2.45, 2.75) is 12.3 Å². The molecule has 0 radical (unpaired) electrons. The van der Waals surface area contributed by atoms with E-state index < -0.39 is 5.92 Å². The van der Waals surface area contributed by atoms with Gasteiger partial charge in [-0.3, -0.25) is 0 Å². The summed E-state index contributed by atoms with van der Waals surface area (Å²) in [6.45, 7) is 0. The van der Waals surface area contributed by atoms with Gasteiger partial charge in [-0.1, -0.05) is 0 Å². The van der Waals surface area contributed by atoms with Crippen LogP contribution in [-0.2, 0) is 6.42 Å². The zero-order valence-electron chi connectivity index (χ0n) is 13.4. The maximum Gasteiger partial charge on any atom is 0.119 e. The number of rotatable bonds is 5. The van der Waals surface area contributed by atoms with E-state index in [0.717, 1.165) is 0 Å². The molecule has 0 fully saturated rings. The molecule has 0 spiro atoms. The number of ether oxygens (including phenoxy) is 2. The van der Waals surface area contributed by atoms with Gasteiger partial charge in [-0.2, -0.15) is 15.8 Å². The number of methoxy groups -OCH3 is 2. The number of hydrogen-bond acceptors (Lipinski definition) is 5. The third kappa shape index (κ3) is 3.46. The van der Waals surface area contributed by atoms with Crippen LogP contribution in [0.3, 0.4) is 0 Å². The molecule has 0 saturated carbocycles. The Bertz CT molecular complexity index is 870. The summed E-state index contributed by atoms with van der Waals surface area (Å²) in [7, 11) is 3.07. The first-order chi connectivity index (χ1) is 11.7. The highest BCUT2D eigenvalue weighted by Crippen LogP contribution is 2.29. The summed E-state index contributed by atoms with van der Waals surface area (Å²) >= 11 is 0. The van der Waals surface area contributed by atoms with E-state index in [-0.39, 0.29) is 0 Å². The van der Waals surface area contributed by atoms with E-state index >= 15 is 0 Å². The van der Waals surface area contributed by atoms with Gasteiger partial charge in [-0.15, -0.1) is 0 Å². The molecule has 5 nitrogen and oxygen atoms in total. The highest BCUT2D eigenvalue weighted by Gasteiger charge is 2.19. The topological polar surface area (TPSA) is 89.8 Å². The molecule has 0 aromatic heterocycles. The Labute approximate surface area is 140 Å². The molecular weight excluding hydrogens is 302 g/mol. The average molecular weight is 317 g/mol. The Morgan fingerprint density at radius 1 is 0.875 bits per heavy atom. The molecule has 0 saturated heterocycles. The molecule has 1 unspecified atom stereocenters. The molecule has 24 heavy (non-hydrogen) atoms. The number of hydrogen-bond donors (Lipinski definition) is 0. The van der Waals surface area contributed by atoms with Crippen molar-refractivity contribution in [2.75, 3.05) is 14.2 Å². The van der Waals surface area contributed by atoms with Crippen molar-refractivity contribution in [2.24, 2.45) is 0 Å². The van der Waals surface area contributed by atoms with Crippen LogP contribution in [-0.4, -0.2) is 14.2 Å². The third-order valence-corrected chi connectivity index (χ3v) is 3.77. The molecule has 0 amide bonds. The van der Waals surface area contributed by atoms with Gasteiger partial charge in [-0.25, -0.2) is 0 Å². The molecule has 0 N–H and O–H groups in total. The Kier molecular flexibility index (Phi) is 5.40. The zero-order chi connectivity index (χ0) is 17.5. The molecule has 5 heteroatoms. The maximum atomic E-state index is 9.60. The molecule has 2 aromatic rings. The van der Waals surface area contributed by atoms with Gasteiger partial charge in [0.1, 0.15) is 11.5 Å². The SMILES string of the molecule is COc1ccc(C#N)c(CC(C#N)c2cc(OC)ccc2C#N)c1. The summed E-state index contributed by atoms with van der Waals surface area (Å²) in [6.07, 6.45) is 0.304. The van der Waals surface area contributed by atoms with Crippen LogP contribution in [0.5, 0.6) is 11.5 Å². The Morgan fingerprint density at radius 3 is 2.00 bits per heavy atom. The number of nitriles is 3. The van der Waals surface area contributed by atoms with Crippen molar-refractivity contribution < 1.29 is 9.47 Å². The lowest BCUT2D eigenvalue weighted by atomic mass is 9.88. The van der Waals surface area contributed by atoms with Gasteiger partial charge in [0.25, 0.3) is 0 Å². The summed E-state index contributed by atoms with van der Waals surface area (Å²) in [6, 6.07) is 16.6. The van der Waals surface area contributed by atoms with E-state index in [1.807, 2.05) is 0 Å². The number of nitrogens with zero attached hydrogens (tertiary/aromatic N) is 3. The highest BCUT2D eigenvalue weighted by molar-refractivity contribution is 5.49. The first-order valence-corrected chi connectivity index (χ1v) is 7.21.